The molecule has 2 atom stereocenters. The Morgan fingerprint density at radius 1 is 1.29 bits per heavy atom. The standard InChI is InChI=1S/C16H18N2O3/c1-9-15(16(20)21)10(2)18(17(9)3)13-8-14(19)12-7-5-4-6-11(12)13/h4-9,14,19H,1-3H3,(H,20,21). The molecule has 110 valence electrons. The van der Waals surface area contributed by atoms with Crippen LogP contribution in [0.5, 0.6) is 0 Å². The van der Waals surface area contributed by atoms with E-state index in [4.69, 9.17) is 0 Å². The van der Waals surface area contributed by atoms with Gasteiger partial charge in [0.15, 0.2) is 0 Å². The van der Waals surface area contributed by atoms with Crippen molar-refractivity contribution >= 4 is 11.7 Å². The predicted molar refractivity (Wildman–Crippen MR) is 78.8 cm³/mol. The summed E-state index contributed by atoms with van der Waals surface area (Å²) in [6, 6.07) is 7.43. The minimum Gasteiger partial charge on any atom is -0.478 e. The van der Waals surface area contributed by atoms with E-state index < -0.39 is 12.1 Å². The molecule has 21 heavy (non-hydrogen) atoms. The predicted octanol–water partition coefficient (Wildman–Crippen LogP) is 1.98. The van der Waals surface area contributed by atoms with E-state index in [0.717, 1.165) is 16.8 Å². The third kappa shape index (κ3) is 1.89. The van der Waals surface area contributed by atoms with E-state index in [9.17, 15) is 15.0 Å². The summed E-state index contributed by atoms with van der Waals surface area (Å²) in [5, 5.41) is 23.3. The van der Waals surface area contributed by atoms with Gasteiger partial charge in [-0.05, 0) is 25.5 Å². The van der Waals surface area contributed by atoms with Crippen LogP contribution in [0.4, 0.5) is 0 Å². The molecule has 0 radical (unpaired) electrons. The molecule has 5 nitrogen and oxygen atoms in total. The highest BCUT2D eigenvalue weighted by Gasteiger charge is 2.39. The fraction of sp³-hybridized carbons (Fsp3) is 0.312. The van der Waals surface area contributed by atoms with E-state index in [2.05, 4.69) is 0 Å². The summed E-state index contributed by atoms with van der Waals surface area (Å²) in [6.45, 7) is 3.67. The van der Waals surface area contributed by atoms with E-state index >= 15 is 0 Å². The fourth-order valence-corrected chi connectivity index (χ4v) is 3.20. The number of likely N-dealkylation sites (N-methyl/N-ethyl adjacent to an activating group) is 1. The van der Waals surface area contributed by atoms with Crippen LogP contribution in [0.2, 0.25) is 0 Å². The van der Waals surface area contributed by atoms with Gasteiger partial charge in [-0.2, -0.15) is 0 Å². The summed E-state index contributed by atoms with van der Waals surface area (Å²) in [6.07, 6.45) is 1.11. The Morgan fingerprint density at radius 2 is 1.95 bits per heavy atom. The summed E-state index contributed by atoms with van der Waals surface area (Å²) in [4.78, 5) is 11.5. The van der Waals surface area contributed by atoms with Crippen LogP contribution in [0.3, 0.4) is 0 Å². The van der Waals surface area contributed by atoms with Crippen molar-refractivity contribution < 1.29 is 15.0 Å². The van der Waals surface area contributed by atoms with E-state index in [1.807, 2.05) is 48.3 Å². The molecule has 0 amide bonds. The summed E-state index contributed by atoms with van der Waals surface area (Å²) >= 11 is 0. The number of aliphatic carboxylic acids is 1. The molecule has 1 heterocycles. The van der Waals surface area contributed by atoms with E-state index in [1.165, 1.54) is 0 Å². The summed E-state index contributed by atoms with van der Waals surface area (Å²) < 4.78 is 0. The zero-order valence-electron chi connectivity index (χ0n) is 12.2. The van der Waals surface area contributed by atoms with Gasteiger partial charge in [0.2, 0.25) is 0 Å². The van der Waals surface area contributed by atoms with Crippen LogP contribution in [0, 0.1) is 0 Å². The number of carboxylic acids is 1. The molecule has 0 bridgehead atoms. The van der Waals surface area contributed by atoms with Crippen molar-refractivity contribution in [2.24, 2.45) is 0 Å². The van der Waals surface area contributed by atoms with Crippen LogP contribution in [0.1, 0.15) is 31.1 Å². The monoisotopic (exact) mass is 286 g/mol. The van der Waals surface area contributed by atoms with Crippen LogP contribution >= 0.6 is 0 Å². The number of carbonyl (C=O) groups is 1. The van der Waals surface area contributed by atoms with Gasteiger partial charge in [-0.15, -0.1) is 0 Å². The average Bonchev–Trinajstić information content (AvgIpc) is 2.87. The molecule has 2 unspecified atom stereocenters. The molecule has 1 aliphatic heterocycles. The Morgan fingerprint density at radius 3 is 2.57 bits per heavy atom. The molecule has 0 saturated carbocycles. The molecule has 0 fully saturated rings. The number of hydrazine groups is 1. The maximum Gasteiger partial charge on any atom is 0.335 e. The Balaban J connectivity index is 2.10. The van der Waals surface area contributed by atoms with Crippen LogP contribution in [0.25, 0.3) is 5.70 Å². The molecule has 0 aromatic heterocycles. The second-order valence-electron chi connectivity index (χ2n) is 5.45. The Hall–Kier alpha value is -2.11. The number of aliphatic hydroxyl groups is 1. The van der Waals surface area contributed by atoms with Crippen molar-refractivity contribution in [3.05, 3.63) is 52.7 Å². The Kier molecular flexibility index (Phi) is 3.11. The number of benzene rings is 1. The van der Waals surface area contributed by atoms with Gasteiger partial charge in [-0.25, -0.2) is 9.80 Å². The van der Waals surface area contributed by atoms with Crippen molar-refractivity contribution in [3.63, 3.8) is 0 Å². The number of nitrogens with zero attached hydrogens (tertiary/aromatic N) is 2. The lowest BCUT2D eigenvalue weighted by molar-refractivity contribution is -0.133. The van der Waals surface area contributed by atoms with Crippen molar-refractivity contribution in [1.82, 2.24) is 10.0 Å². The molecule has 1 aliphatic carbocycles. The van der Waals surface area contributed by atoms with Crippen molar-refractivity contribution in [3.8, 4) is 0 Å². The molecular weight excluding hydrogens is 268 g/mol. The van der Waals surface area contributed by atoms with Crippen LogP contribution in [0.15, 0.2) is 41.6 Å². The summed E-state index contributed by atoms with van der Waals surface area (Å²) in [5.74, 6) is -0.901. The Labute approximate surface area is 123 Å². The quantitative estimate of drug-likeness (QED) is 0.870. The smallest absolute Gasteiger partial charge is 0.335 e. The van der Waals surface area contributed by atoms with E-state index in [0.29, 0.717) is 11.3 Å². The first kappa shape index (κ1) is 13.9. The van der Waals surface area contributed by atoms with Gasteiger partial charge in [-0.1, -0.05) is 24.3 Å². The number of carboxylic acid groups (broad SMARTS) is 1. The lowest BCUT2D eigenvalue weighted by atomic mass is 10.1. The first-order chi connectivity index (χ1) is 9.93. The first-order valence-corrected chi connectivity index (χ1v) is 6.89. The largest absolute Gasteiger partial charge is 0.478 e. The summed E-state index contributed by atoms with van der Waals surface area (Å²) in [7, 11) is 1.86. The van der Waals surface area contributed by atoms with Crippen molar-refractivity contribution in [2.45, 2.75) is 26.0 Å². The van der Waals surface area contributed by atoms with Crippen LogP contribution < -0.4 is 0 Å². The molecule has 2 aliphatic rings. The number of allylic oxidation sites excluding steroid dienone is 1. The van der Waals surface area contributed by atoms with Crippen molar-refractivity contribution in [2.75, 3.05) is 7.05 Å². The highest BCUT2D eigenvalue weighted by Crippen LogP contribution is 2.42. The van der Waals surface area contributed by atoms with Gasteiger partial charge >= 0.3 is 5.97 Å². The highest BCUT2D eigenvalue weighted by atomic mass is 16.4. The molecule has 3 rings (SSSR count). The summed E-state index contributed by atoms with van der Waals surface area (Å²) in [5.41, 5.74) is 3.70. The fourth-order valence-electron chi connectivity index (χ4n) is 3.20. The molecule has 0 spiro atoms. The molecule has 2 N–H and O–H groups in total. The third-order valence-electron chi connectivity index (χ3n) is 4.33. The zero-order chi connectivity index (χ0) is 15.3. The third-order valence-corrected chi connectivity index (χ3v) is 4.33. The lowest BCUT2D eigenvalue weighted by Gasteiger charge is -2.32. The normalized spacial score (nSPS) is 25.3. The van der Waals surface area contributed by atoms with Gasteiger partial charge in [0.1, 0.15) is 6.10 Å². The van der Waals surface area contributed by atoms with Gasteiger partial charge in [0.05, 0.1) is 17.3 Å². The second kappa shape index (κ2) is 4.72. The van der Waals surface area contributed by atoms with Crippen molar-refractivity contribution in [1.29, 1.82) is 0 Å². The topological polar surface area (TPSA) is 64.0 Å². The number of hydrogen-bond acceptors (Lipinski definition) is 4. The zero-order valence-corrected chi connectivity index (χ0v) is 12.2. The highest BCUT2D eigenvalue weighted by molar-refractivity contribution is 5.90. The van der Waals surface area contributed by atoms with Gasteiger partial charge in [0, 0.05) is 18.3 Å². The van der Waals surface area contributed by atoms with Crippen LogP contribution in [-0.2, 0) is 4.79 Å². The van der Waals surface area contributed by atoms with E-state index in [1.54, 1.807) is 13.0 Å². The molecule has 1 aromatic rings. The SMILES string of the molecule is CC1=C(C(=O)O)C(C)N(C)N1C1=CC(O)c2ccccc21. The molecular formula is C16H18N2O3. The molecule has 1 aromatic carbocycles. The number of fused-ring (bicyclic) bond motifs is 1. The maximum atomic E-state index is 11.5. The van der Waals surface area contributed by atoms with Gasteiger partial charge in [0.25, 0.3) is 0 Å². The minimum atomic E-state index is -0.901. The minimum absolute atomic E-state index is 0.215. The lowest BCUT2D eigenvalue weighted by Crippen LogP contribution is -2.37. The molecule has 5 heteroatoms. The van der Waals surface area contributed by atoms with Crippen LogP contribution in [-0.4, -0.2) is 39.3 Å². The first-order valence-electron chi connectivity index (χ1n) is 6.89. The Bertz CT molecular complexity index is 678. The second-order valence-corrected chi connectivity index (χ2v) is 5.45. The average molecular weight is 286 g/mol. The number of hydrogen-bond donors (Lipinski definition) is 2. The number of aliphatic hydroxyl groups excluding tert-OH is 1. The molecule has 0 saturated heterocycles. The maximum absolute atomic E-state index is 11.5. The number of rotatable bonds is 2. The van der Waals surface area contributed by atoms with Gasteiger partial charge in [-0.3, -0.25) is 5.01 Å². The van der Waals surface area contributed by atoms with E-state index in [-0.39, 0.29) is 6.04 Å². The van der Waals surface area contributed by atoms with Gasteiger partial charge < -0.3 is 10.2 Å².